The van der Waals surface area contributed by atoms with Crippen molar-refractivity contribution in [1.82, 2.24) is 0 Å². The summed E-state index contributed by atoms with van der Waals surface area (Å²) < 4.78 is 11.8. The molecule has 160 valence electrons. The normalized spacial score (nSPS) is 31.9. The first-order chi connectivity index (χ1) is 13.0. The van der Waals surface area contributed by atoms with Crippen molar-refractivity contribution >= 4 is 11.9 Å². The Morgan fingerprint density at radius 3 is 2.57 bits per heavy atom. The van der Waals surface area contributed by atoms with Crippen LogP contribution in [-0.4, -0.2) is 57.8 Å². The summed E-state index contributed by atoms with van der Waals surface area (Å²) in [6.07, 6.45) is 3.37. The smallest absolute Gasteiger partial charge is 0.311 e. The van der Waals surface area contributed by atoms with Crippen LogP contribution in [0.1, 0.15) is 59.8 Å². The van der Waals surface area contributed by atoms with Crippen molar-refractivity contribution in [3.63, 3.8) is 0 Å². The van der Waals surface area contributed by atoms with Crippen LogP contribution in [0.5, 0.6) is 0 Å². The number of carbonyl (C=O) groups is 2. The largest absolute Gasteiger partial charge is 0.481 e. The molecule has 0 aliphatic carbocycles. The molecule has 6 atom stereocenters. The standard InChI is InChI=1S/C21H34O7/c1-5-20(3,4)19(26)27-12-14-9-17-8-13(2)21(14,28-17)7-6-15(22)10-16(23)11-18(24)25/h6-7,13-17,22-23H,5,8-12H2,1-4H3,(H,24,25)/t13-,14+,15+,16+,17-,21+/m0/s1. The van der Waals surface area contributed by atoms with Gasteiger partial charge in [-0.2, -0.15) is 0 Å². The fourth-order valence-electron chi connectivity index (χ4n) is 4.13. The highest BCUT2D eigenvalue weighted by Crippen LogP contribution is 2.52. The molecule has 2 saturated heterocycles. The number of hydrogen-bond acceptors (Lipinski definition) is 6. The van der Waals surface area contributed by atoms with E-state index in [4.69, 9.17) is 14.6 Å². The third-order valence-electron chi connectivity index (χ3n) is 6.30. The molecule has 0 aromatic rings. The van der Waals surface area contributed by atoms with Crippen molar-refractivity contribution in [1.29, 1.82) is 0 Å². The Hall–Kier alpha value is -1.44. The molecule has 2 aliphatic heterocycles. The highest BCUT2D eigenvalue weighted by atomic mass is 16.5. The average molecular weight is 398 g/mol. The van der Waals surface area contributed by atoms with E-state index >= 15 is 0 Å². The van der Waals surface area contributed by atoms with Gasteiger partial charge in [-0.3, -0.25) is 9.59 Å². The second-order valence-corrected chi connectivity index (χ2v) is 8.91. The second kappa shape index (κ2) is 8.93. The van der Waals surface area contributed by atoms with Crippen LogP contribution in [0.15, 0.2) is 12.2 Å². The molecule has 0 amide bonds. The molecular weight excluding hydrogens is 364 g/mol. The molecule has 0 aromatic heterocycles. The molecule has 28 heavy (non-hydrogen) atoms. The molecule has 2 rings (SSSR count). The Morgan fingerprint density at radius 1 is 1.32 bits per heavy atom. The van der Waals surface area contributed by atoms with Gasteiger partial charge in [-0.25, -0.2) is 0 Å². The van der Waals surface area contributed by atoms with Crippen LogP contribution in [0.25, 0.3) is 0 Å². The summed E-state index contributed by atoms with van der Waals surface area (Å²) in [4.78, 5) is 23.0. The van der Waals surface area contributed by atoms with E-state index in [-0.39, 0.29) is 36.9 Å². The lowest BCUT2D eigenvalue weighted by Crippen LogP contribution is -2.42. The first kappa shape index (κ1) is 22.8. The predicted octanol–water partition coefficient (Wildman–Crippen LogP) is 2.29. The van der Waals surface area contributed by atoms with Crippen molar-refractivity contribution < 1.29 is 34.4 Å². The SMILES string of the molecule is CCC(C)(C)C(=O)OC[C@H]1C[C@@H]2C[C@H](C)[C@@]1(C=C[C@@H](O)C[C@@H](O)CC(=O)O)O2. The van der Waals surface area contributed by atoms with E-state index in [0.29, 0.717) is 6.42 Å². The summed E-state index contributed by atoms with van der Waals surface area (Å²) in [6, 6.07) is 0. The number of rotatable bonds is 10. The number of aliphatic hydroxyl groups excluding tert-OH is 2. The Morgan fingerprint density at radius 2 is 2.00 bits per heavy atom. The number of fused-ring (bicyclic) bond motifs is 2. The fraction of sp³-hybridized carbons (Fsp3) is 0.810. The van der Waals surface area contributed by atoms with Crippen molar-refractivity contribution in [2.75, 3.05) is 6.61 Å². The molecule has 2 fully saturated rings. The molecule has 7 nitrogen and oxygen atoms in total. The maximum atomic E-state index is 12.3. The highest BCUT2D eigenvalue weighted by Gasteiger charge is 2.56. The molecule has 2 heterocycles. The van der Waals surface area contributed by atoms with Gasteiger partial charge in [0.05, 0.1) is 42.4 Å². The molecule has 2 aliphatic rings. The van der Waals surface area contributed by atoms with Crippen molar-refractivity contribution in [3.8, 4) is 0 Å². The third-order valence-corrected chi connectivity index (χ3v) is 6.30. The number of ether oxygens (including phenoxy) is 2. The third kappa shape index (κ3) is 5.13. The van der Waals surface area contributed by atoms with Crippen LogP contribution in [0, 0.1) is 17.3 Å². The zero-order chi connectivity index (χ0) is 21.1. The summed E-state index contributed by atoms with van der Waals surface area (Å²) in [5, 5.41) is 28.6. The van der Waals surface area contributed by atoms with Gasteiger partial charge in [-0.05, 0) is 39.0 Å². The van der Waals surface area contributed by atoms with Gasteiger partial charge in [0.15, 0.2) is 0 Å². The van der Waals surface area contributed by atoms with Crippen LogP contribution < -0.4 is 0 Å². The van der Waals surface area contributed by atoms with Gasteiger partial charge < -0.3 is 24.8 Å². The van der Waals surface area contributed by atoms with Crippen LogP contribution in [0.3, 0.4) is 0 Å². The van der Waals surface area contributed by atoms with Crippen LogP contribution >= 0.6 is 0 Å². The Kier molecular flexibility index (Phi) is 7.28. The summed E-state index contributed by atoms with van der Waals surface area (Å²) in [6.45, 7) is 8.03. The van der Waals surface area contributed by atoms with E-state index in [1.165, 1.54) is 0 Å². The second-order valence-electron chi connectivity index (χ2n) is 8.91. The minimum Gasteiger partial charge on any atom is -0.481 e. The van der Waals surface area contributed by atoms with Gasteiger partial charge in [0.2, 0.25) is 0 Å². The van der Waals surface area contributed by atoms with E-state index in [2.05, 4.69) is 6.92 Å². The molecule has 0 saturated carbocycles. The molecule has 0 aromatic carbocycles. The van der Waals surface area contributed by atoms with Gasteiger partial charge in [0.25, 0.3) is 0 Å². The van der Waals surface area contributed by atoms with Crippen molar-refractivity contribution in [2.45, 2.75) is 83.7 Å². The van der Waals surface area contributed by atoms with Crippen LogP contribution in [-0.2, 0) is 19.1 Å². The van der Waals surface area contributed by atoms with Gasteiger partial charge in [0.1, 0.15) is 0 Å². The lowest BCUT2D eigenvalue weighted by atomic mass is 9.72. The number of carboxylic acid groups (broad SMARTS) is 1. The quantitative estimate of drug-likeness (QED) is 0.382. The maximum absolute atomic E-state index is 12.3. The summed E-state index contributed by atoms with van der Waals surface area (Å²) in [5.41, 5.74) is -1.14. The number of hydrogen-bond donors (Lipinski definition) is 3. The van der Waals surface area contributed by atoms with Gasteiger partial charge in [-0.15, -0.1) is 0 Å². The number of esters is 1. The molecule has 0 unspecified atom stereocenters. The lowest BCUT2D eigenvalue weighted by molar-refractivity contribution is -0.157. The first-order valence-electron chi connectivity index (χ1n) is 10.1. The van der Waals surface area contributed by atoms with Crippen molar-refractivity contribution in [2.24, 2.45) is 17.3 Å². The zero-order valence-electron chi connectivity index (χ0n) is 17.3. The van der Waals surface area contributed by atoms with E-state index in [1.807, 2.05) is 26.8 Å². The van der Waals surface area contributed by atoms with E-state index in [9.17, 15) is 19.8 Å². The van der Waals surface area contributed by atoms with Gasteiger partial charge in [-0.1, -0.05) is 26.0 Å². The van der Waals surface area contributed by atoms with Gasteiger partial charge in [0, 0.05) is 12.3 Å². The van der Waals surface area contributed by atoms with Crippen LogP contribution in [0.4, 0.5) is 0 Å². The van der Waals surface area contributed by atoms with Crippen LogP contribution in [0.2, 0.25) is 0 Å². The molecule has 3 N–H and O–H groups in total. The molecule has 0 spiro atoms. The average Bonchev–Trinajstić information content (AvgIpc) is 3.10. The summed E-state index contributed by atoms with van der Waals surface area (Å²) >= 11 is 0. The molecule has 2 bridgehead atoms. The fourth-order valence-corrected chi connectivity index (χ4v) is 4.13. The molecular formula is C21H34O7. The predicted molar refractivity (Wildman–Crippen MR) is 103 cm³/mol. The summed E-state index contributed by atoms with van der Waals surface area (Å²) in [5.74, 6) is -1.11. The van der Waals surface area contributed by atoms with E-state index in [0.717, 1.165) is 12.8 Å². The maximum Gasteiger partial charge on any atom is 0.311 e. The van der Waals surface area contributed by atoms with E-state index in [1.54, 1.807) is 6.08 Å². The topological polar surface area (TPSA) is 113 Å². The number of carboxylic acids is 1. The first-order valence-corrected chi connectivity index (χ1v) is 10.1. The zero-order valence-corrected chi connectivity index (χ0v) is 17.3. The Bertz CT molecular complexity index is 600. The number of carbonyl (C=O) groups excluding carboxylic acids is 1. The highest BCUT2D eigenvalue weighted by molar-refractivity contribution is 5.75. The van der Waals surface area contributed by atoms with Gasteiger partial charge >= 0.3 is 11.9 Å². The summed E-state index contributed by atoms with van der Waals surface area (Å²) in [7, 11) is 0. The van der Waals surface area contributed by atoms with E-state index < -0.39 is 35.6 Å². The molecule has 0 radical (unpaired) electrons. The van der Waals surface area contributed by atoms with Crippen molar-refractivity contribution in [3.05, 3.63) is 12.2 Å². The monoisotopic (exact) mass is 398 g/mol. The lowest BCUT2D eigenvalue weighted by Gasteiger charge is -2.35. The minimum atomic E-state index is -1.11. The number of aliphatic carboxylic acids is 1. The Labute approximate surface area is 166 Å². The number of aliphatic hydroxyl groups is 2. The Balaban J connectivity index is 2.02. The minimum absolute atomic E-state index is 0.00486. The molecule has 7 heteroatoms.